The standard InChI is InChI=1S/C20H13Br.C18H13Br.2C16H11Br.C14H9Br.2C12H9Br.C6H5Br/c21-18-10-7-14(8-11-18)16-9-12-20-17(13-16)6-5-15-3-1-2-4-19(15)20;19-18-12-16(14-7-3-1-4-8-14)11-17(13-18)15-9-5-2-6-10-15;17-14-8-3-7-13(11-14)16-10-4-6-12-5-1-2-9-15(12)16;17-14-10-8-13(9-11-14)16-7-3-5-12-4-1-2-6-15(12)16;15-12-7-8-14-11(9-12)6-5-10-3-1-2-4-13(10)14;13-12-8-4-7-11(9-12)10-5-2-1-3-6-10;13-12-8-6-11(7-9-12)10-4-2-1-3-5-10;7-6-4-2-1-3-5-6/h1-13H;1-13H;2*1-11H;1-9H;2*1-9H;1-5H. The maximum absolute atomic E-state index is 3.61. The van der Waals surface area contributed by atoms with Gasteiger partial charge >= 0.3 is 0 Å². The zero-order chi connectivity index (χ0) is 84.2. The summed E-state index contributed by atoms with van der Waals surface area (Å²) >= 11 is 27.8. The van der Waals surface area contributed by atoms with Crippen LogP contribution in [-0.2, 0) is 0 Å². The summed E-state index contributed by atoms with van der Waals surface area (Å²) in [7, 11) is 0. The van der Waals surface area contributed by atoms with Crippen molar-refractivity contribution >= 4 is 192 Å². The second-order valence-electron chi connectivity index (χ2n) is 28.5. The molecule has 0 unspecified atom stereocenters. The van der Waals surface area contributed by atoms with E-state index in [-0.39, 0.29) is 0 Å². The molecular formula is C114H80Br8. The Kier molecular flexibility index (Phi) is 32.0. The summed E-state index contributed by atoms with van der Waals surface area (Å²) in [5.74, 6) is 0. The molecule has 122 heavy (non-hydrogen) atoms. The molecule has 0 aliphatic heterocycles. The van der Waals surface area contributed by atoms with Crippen LogP contribution in [0.5, 0.6) is 0 Å². The van der Waals surface area contributed by atoms with Gasteiger partial charge in [-0.1, -0.05) is 504 Å². The molecule has 0 saturated heterocycles. The van der Waals surface area contributed by atoms with E-state index in [0.717, 1.165) is 35.8 Å². The highest BCUT2D eigenvalue weighted by Gasteiger charge is 2.10. The molecule has 0 atom stereocenters. The van der Waals surface area contributed by atoms with Gasteiger partial charge in [-0.05, 0) is 252 Å². The molecule has 0 saturated carbocycles. The number of rotatable bonds is 7. The summed E-state index contributed by atoms with van der Waals surface area (Å²) in [6.07, 6.45) is 0. The Morgan fingerprint density at radius 2 is 0.336 bits per heavy atom. The number of halogens is 8. The van der Waals surface area contributed by atoms with Gasteiger partial charge in [0.1, 0.15) is 0 Å². The first-order chi connectivity index (χ1) is 59.8. The van der Waals surface area contributed by atoms with Crippen LogP contribution in [0, 0.1) is 0 Å². The minimum atomic E-state index is 1.10. The minimum absolute atomic E-state index is 1.10. The van der Waals surface area contributed by atoms with Crippen molar-refractivity contribution in [2.45, 2.75) is 0 Å². The molecule has 0 aromatic heterocycles. The van der Waals surface area contributed by atoms with Crippen molar-refractivity contribution in [3.63, 3.8) is 0 Å². The van der Waals surface area contributed by atoms with Crippen LogP contribution in [0.3, 0.4) is 0 Å². The molecular weight excluding hydrogens is 2010 g/mol. The molecule has 592 valence electrons. The largest absolute Gasteiger partial charge is 0.0622 e. The van der Waals surface area contributed by atoms with Gasteiger partial charge in [-0.15, -0.1) is 0 Å². The zero-order valence-electron chi connectivity index (χ0n) is 66.2. The summed E-state index contributed by atoms with van der Waals surface area (Å²) in [4.78, 5) is 0. The van der Waals surface area contributed by atoms with Gasteiger partial charge in [0, 0.05) is 35.8 Å². The van der Waals surface area contributed by atoms with Crippen LogP contribution in [0.25, 0.3) is 143 Å². The Balaban J connectivity index is 0.000000115. The summed E-state index contributed by atoms with van der Waals surface area (Å²) in [6, 6.07) is 169. The van der Waals surface area contributed by atoms with Gasteiger partial charge in [0.15, 0.2) is 0 Å². The van der Waals surface area contributed by atoms with E-state index in [1.54, 1.807) is 0 Å². The Hall–Kier alpha value is -11.0. The molecule has 21 aromatic rings. The van der Waals surface area contributed by atoms with Crippen LogP contribution < -0.4 is 0 Å². The Labute approximate surface area is 782 Å². The number of hydrogen-bond donors (Lipinski definition) is 0. The lowest BCUT2D eigenvalue weighted by Crippen LogP contribution is -1.82. The number of benzene rings is 21. The van der Waals surface area contributed by atoms with Gasteiger partial charge in [-0.3, -0.25) is 0 Å². The highest BCUT2D eigenvalue weighted by Crippen LogP contribution is 2.36. The topological polar surface area (TPSA) is 0 Å². The van der Waals surface area contributed by atoms with Crippen molar-refractivity contribution in [3.8, 4) is 77.9 Å². The van der Waals surface area contributed by atoms with Crippen LogP contribution in [0.4, 0.5) is 0 Å². The van der Waals surface area contributed by atoms with Crippen molar-refractivity contribution in [1.82, 2.24) is 0 Å². The fraction of sp³-hybridized carbons (Fsp3) is 0. The van der Waals surface area contributed by atoms with Crippen molar-refractivity contribution in [2.75, 3.05) is 0 Å². The third-order valence-electron chi connectivity index (χ3n) is 20.2. The predicted octanol–water partition coefficient (Wildman–Crippen LogP) is 38.2. The highest BCUT2D eigenvalue weighted by molar-refractivity contribution is 9.11. The average Bonchev–Trinajstić information content (AvgIpc) is 0.777. The highest BCUT2D eigenvalue weighted by atomic mass is 79.9. The molecule has 0 radical (unpaired) electrons. The van der Waals surface area contributed by atoms with Crippen LogP contribution >= 0.6 is 127 Å². The Morgan fingerprint density at radius 3 is 0.770 bits per heavy atom. The van der Waals surface area contributed by atoms with E-state index in [1.807, 2.05) is 66.7 Å². The second kappa shape index (κ2) is 44.7. The van der Waals surface area contributed by atoms with Gasteiger partial charge in [-0.25, -0.2) is 0 Å². The predicted molar refractivity (Wildman–Crippen MR) is 556 cm³/mol. The van der Waals surface area contributed by atoms with Gasteiger partial charge in [-0.2, -0.15) is 0 Å². The fourth-order valence-corrected chi connectivity index (χ4v) is 17.0. The third-order valence-corrected chi connectivity index (χ3v) is 24.3. The molecule has 0 aliphatic rings. The van der Waals surface area contributed by atoms with E-state index in [4.69, 9.17) is 0 Å². The molecule has 0 aliphatic carbocycles. The summed E-state index contributed by atoms with van der Waals surface area (Å²) in [5.41, 5.74) is 17.5. The third kappa shape index (κ3) is 24.7. The monoisotopic (exact) mass is 2080 g/mol. The SMILES string of the molecule is Brc1cc(-c2ccccc2)cc(-c2ccccc2)c1.Brc1ccc(-c2ccc3c(ccc4ccccc43)c2)cc1.Brc1ccc(-c2cccc3ccccc23)cc1.Brc1ccc(-c2ccccc2)cc1.Brc1ccc2c(ccc3ccccc32)c1.Brc1cccc(-c2cccc3ccccc23)c1.Brc1cccc(-c2ccccc2)c1.Brc1ccccc1. The van der Waals surface area contributed by atoms with Crippen molar-refractivity contribution < 1.29 is 0 Å². The first-order valence-corrected chi connectivity index (χ1v) is 46.1. The first kappa shape index (κ1) is 87.4. The van der Waals surface area contributed by atoms with E-state index in [9.17, 15) is 0 Å². The fourth-order valence-electron chi connectivity index (χ4n) is 14.2. The molecule has 21 aromatic carbocycles. The van der Waals surface area contributed by atoms with Crippen LogP contribution in [0.15, 0.2) is 521 Å². The van der Waals surface area contributed by atoms with Crippen molar-refractivity contribution in [2.24, 2.45) is 0 Å². The van der Waals surface area contributed by atoms with E-state index >= 15 is 0 Å². The van der Waals surface area contributed by atoms with Gasteiger partial charge < -0.3 is 0 Å². The molecule has 0 heterocycles. The van der Waals surface area contributed by atoms with E-state index in [0.29, 0.717) is 0 Å². The van der Waals surface area contributed by atoms with Crippen LogP contribution in [-0.4, -0.2) is 0 Å². The quantitative estimate of drug-likeness (QED) is 0.140. The average molecular weight is 2090 g/mol. The summed E-state index contributed by atoms with van der Waals surface area (Å²) < 4.78 is 8.94. The first-order valence-electron chi connectivity index (χ1n) is 39.7. The normalized spacial score (nSPS) is 10.5. The molecule has 0 N–H and O–H groups in total. The molecule has 0 nitrogen and oxygen atoms in total. The Morgan fingerprint density at radius 1 is 0.0984 bits per heavy atom. The Bertz CT molecular complexity index is 6860. The maximum atomic E-state index is 3.61. The number of fused-ring (bicyclic) bond motifs is 8. The lowest BCUT2D eigenvalue weighted by molar-refractivity contribution is 1.56. The van der Waals surface area contributed by atoms with Gasteiger partial charge in [0.25, 0.3) is 0 Å². The van der Waals surface area contributed by atoms with Crippen LogP contribution in [0.1, 0.15) is 0 Å². The summed E-state index contributed by atoms with van der Waals surface area (Å²) in [5, 5.41) is 15.6. The molecule has 0 spiro atoms. The van der Waals surface area contributed by atoms with E-state index < -0.39 is 0 Å². The lowest BCUT2D eigenvalue weighted by atomic mass is 9.97. The smallest absolute Gasteiger partial charge is 0.0187 e. The zero-order valence-corrected chi connectivity index (χ0v) is 78.9. The van der Waals surface area contributed by atoms with E-state index in [1.165, 1.54) is 143 Å². The molecule has 21 rings (SSSR count). The molecule has 8 heteroatoms. The number of hydrogen-bond acceptors (Lipinski definition) is 0. The summed E-state index contributed by atoms with van der Waals surface area (Å²) in [6.45, 7) is 0. The van der Waals surface area contributed by atoms with Crippen molar-refractivity contribution in [1.29, 1.82) is 0 Å². The second-order valence-corrected chi connectivity index (χ2v) is 35.8. The molecule has 0 fully saturated rings. The molecule has 0 bridgehead atoms. The minimum Gasteiger partial charge on any atom is -0.0622 e. The van der Waals surface area contributed by atoms with Gasteiger partial charge in [0.05, 0.1) is 0 Å². The lowest BCUT2D eigenvalue weighted by Gasteiger charge is -2.07. The molecule has 0 amide bonds. The maximum Gasteiger partial charge on any atom is 0.0187 e. The van der Waals surface area contributed by atoms with Crippen LogP contribution in [0.2, 0.25) is 0 Å². The van der Waals surface area contributed by atoms with E-state index in [2.05, 4.69) is 546 Å². The van der Waals surface area contributed by atoms with Gasteiger partial charge in [0.2, 0.25) is 0 Å². The van der Waals surface area contributed by atoms with Crippen molar-refractivity contribution in [3.05, 3.63) is 521 Å².